The number of fused-ring (bicyclic) bond motifs is 1. The van der Waals surface area contributed by atoms with Crippen LogP contribution in [0.15, 0.2) is 71.7 Å². The molecule has 0 amide bonds. The predicted molar refractivity (Wildman–Crippen MR) is 112 cm³/mol. The Kier molecular flexibility index (Phi) is 5.33. The molecule has 9 heteroatoms. The van der Waals surface area contributed by atoms with E-state index in [1.807, 2.05) is 0 Å². The highest BCUT2D eigenvalue weighted by Crippen LogP contribution is 2.25. The van der Waals surface area contributed by atoms with Gasteiger partial charge in [0.1, 0.15) is 12.3 Å². The maximum atomic E-state index is 13.4. The highest BCUT2D eigenvalue weighted by molar-refractivity contribution is 5.83. The van der Waals surface area contributed by atoms with E-state index < -0.39 is 12.7 Å². The second kappa shape index (κ2) is 8.10. The summed E-state index contributed by atoms with van der Waals surface area (Å²) in [4.78, 5) is 21.6. The summed E-state index contributed by atoms with van der Waals surface area (Å²) in [5, 5.41) is 2.66. The summed E-state index contributed by atoms with van der Waals surface area (Å²) in [6, 6.07) is 17.4. The van der Waals surface area contributed by atoms with E-state index in [9.17, 15) is 18.0 Å². The molecule has 6 nitrogen and oxygen atoms in total. The minimum Gasteiger partial charge on any atom is -0.497 e. The fourth-order valence-corrected chi connectivity index (χ4v) is 3.16. The molecule has 0 bridgehead atoms. The number of aromatic nitrogens is 3. The van der Waals surface area contributed by atoms with E-state index in [1.165, 1.54) is 10.8 Å². The minimum absolute atomic E-state index is 0.202. The number of hydrogen-bond acceptors (Lipinski definition) is 5. The van der Waals surface area contributed by atoms with E-state index >= 15 is 0 Å². The van der Waals surface area contributed by atoms with Crippen molar-refractivity contribution in [3.63, 3.8) is 0 Å². The van der Waals surface area contributed by atoms with Crippen molar-refractivity contribution in [2.45, 2.75) is 6.18 Å². The molecule has 0 radical (unpaired) electrons. The Morgan fingerprint density at radius 1 is 1.06 bits per heavy atom. The quantitative estimate of drug-likeness (QED) is 0.511. The Bertz CT molecular complexity index is 1270. The van der Waals surface area contributed by atoms with Gasteiger partial charge in [-0.2, -0.15) is 18.2 Å². The van der Waals surface area contributed by atoms with Crippen LogP contribution in [-0.2, 0) is 0 Å². The monoisotopic (exact) mass is 426 g/mol. The third-order valence-electron chi connectivity index (χ3n) is 4.60. The number of hydrogen-bond donors (Lipinski definition) is 1. The fraction of sp³-hybridized carbons (Fsp3) is 0.136. The van der Waals surface area contributed by atoms with Gasteiger partial charge in [0.15, 0.2) is 5.65 Å². The van der Waals surface area contributed by atoms with E-state index in [2.05, 4.69) is 15.3 Å². The summed E-state index contributed by atoms with van der Waals surface area (Å²) in [6.07, 6.45) is -3.03. The van der Waals surface area contributed by atoms with Crippen LogP contribution in [0.1, 0.15) is 0 Å². The molecule has 0 aliphatic rings. The van der Waals surface area contributed by atoms with Crippen LogP contribution in [-0.4, -0.2) is 34.4 Å². The van der Waals surface area contributed by atoms with Gasteiger partial charge >= 0.3 is 6.18 Å². The van der Waals surface area contributed by atoms with Gasteiger partial charge in [-0.25, -0.2) is 4.98 Å². The van der Waals surface area contributed by atoms with Gasteiger partial charge in [0.25, 0.3) is 5.56 Å². The fourth-order valence-electron chi connectivity index (χ4n) is 3.16. The number of benzene rings is 2. The summed E-state index contributed by atoms with van der Waals surface area (Å²) < 4.78 is 44.3. The highest BCUT2D eigenvalue weighted by Gasteiger charge is 2.27. The predicted octanol–water partition coefficient (Wildman–Crippen LogP) is 4.43. The van der Waals surface area contributed by atoms with Gasteiger partial charge in [-0.15, -0.1) is 0 Å². The first-order chi connectivity index (χ1) is 14.9. The molecular weight excluding hydrogens is 409 g/mol. The van der Waals surface area contributed by atoms with Gasteiger partial charge in [0.05, 0.1) is 12.8 Å². The van der Waals surface area contributed by atoms with Crippen molar-refractivity contribution in [1.29, 1.82) is 0 Å². The molecule has 4 rings (SSSR count). The molecule has 1 N–H and O–H groups in total. The molecule has 0 unspecified atom stereocenters. The van der Waals surface area contributed by atoms with E-state index in [0.717, 1.165) is 0 Å². The standard InChI is InChI=1S/C22H17F3N4O2/c1-31-17-9-7-14(8-10-17)18-11-15-12-26-21(27-13-22(23,24)25)28-19(15)29(20(18)30)16-5-3-2-4-6-16/h2-12H,13H2,1H3,(H,26,27,28). The van der Waals surface area contributed by atoms with Gasteiger partial charge in [-0.3, -0.25) is 9.36 Å². The number of nitrogens with one attached hydrogen (secondary N) is 1. The van der Waals surface area contributed by atoms with Crippen LogP contribution in [0.2, 0.25) is 0 Å². The number of para-hydroxylation sites is 1. The number of alkyl halides is 3. The molecule has 0 spiro atoms. The van der Waals surface area contributed by atoms with Crippen molar-refractivity contribution in [3.05, 3.63) is 77.2 Å². The van der Waals surface area contributed by atoms with E-state index in [-0.39, 0.29) is 17.2 Å². The van der Waals surface area contributed by atoms with Crippen molar-refractivity contribution in [2.75, 3.05) is 19.0 Å². The summed E-state index contributed by atoms with van der Waals surface area (Å²) >= 11 is 0. The van der Waals surface area contributed by atoms with Crippen molar-refractivity contribution in [3.8, 4) is 22.6 Å². The third-order valence-corrected chi connectivity index (χ3v) is 4.60. The first kappa shape index (κ1) is 20.4. The van der Waals surface area contributed by atoms with Gasteiger partial charge in [-0.1, -0.05) is 30.3 Å². The molecular formula is C22H17F3N4O2. The van der Waals surface area contributed by atoms with Crippen LogP contribution < -0.4 is 15.6 Å². The lowest BCUT2D eigenvalue weighted by Crippen LogP contribution is -2.24. The molecule has 0 saturated heterocycles. The molecule has 31 heavy (non-hydrogen) atoms. The molecule has 2 heterocycles. The van der Waals surface area contributed by atoms with E-state index in [4.69, 9.17) is 4.74 Å². The zero-order valence-electron chi connectivity index (χ0n) is 16.3. The maximum absolute atomic E-state index is 13.4. The molecule has 2 aromatic heterocycles. The molecule has 0 aliphatic heterocycles. The van der Waals surface area contributed by atoms with Crippen LogP contribution in [0.25, 0.3) is 27.8 Å². The average Bonchev–Trinajstić information content (AvgIpc) is 2.77. The molecule has 0 saturated carbocycles. The van der Waals surface area contributed by atoms with Crippen molar-refractivity contribution < 1.29 is 17.9 Å². The Morgan fingerprint density at radius 2 is 1.77 bits per heavy atom. The van der Waals surface area contributed by atoms with Crippen LogP contribution >= 0.6 is 0 Å². The second-order valence-corrected chi connectivity index (χ2v) is 6.70. The lowest BCUT2D eigenvalue weighted by Gasteiger charge is -2.14. The van der Waals surface area contributed by atoms with Crippen LogP contribution in [0.5, 0.6) is 5.75 Å². The van der Waals surface area contributed by atoms with E-state index in [0.29, 0.717) is 28.0 Å². The van der Waals surface area contributed by atoms with Crippen LogP contribution in [0, 0.1) is 0 Å². The number of halogens is 3. The lowest BCUT2D eigenvalue weighted by atomic mass is 10.1. The van der Waals surface area contributed by atoms with E-state index in [1.54, 1.807) is 67.8 Å². The Morgan fingerprint density at radius 3 is 2.42 bits per heavy atom. The van der Waals surface area contributed by atoms with Gasteiger partial charge in [0.2, 0.25) is 5.95 Å². The highest BCUT2D eigenvalue weighted by atomic mass is 19.4. The number of nitrogens with zero attached hydrogens (tertiary/aromatic N) is 3. The molecule has 2 aromatic carbocycles. The topological polar surface area (TPSA) is 69.0 Å². The second-order valence-electron chi connectivity index (χ2n) is 6.70. The minimum atomic E-state index is -4.42. The lowest BCUT2D eigenvalue weighted by molar-refractivity contribution is -0.115. The molecule has 158 valence electrons. The average molecular weight is 426 g/mol. The molecule has 0 aliphatic carbocycles. The zero-order valence-corrected chi connectivity index (χ0v) is 16.3. The summed E-state index contributed by atoms with van der Waals surface area (Å²) in [5.41, 5.74) is 1.45. The molecule has 0 atom stereocenters. The van der Waals surface area contributed by atoms with Gasteiger partial charge < -0.3 is 10.1 Å². The Balaban J connectivity index is 1.92. The summed E-state index contributed by atoms with van der Waals surface area (Å²) in [5.74, 6) is 0.433. The largest absolute Gasteiger partial charge is 0.497 e. The number of pyridine rings is 1. The van der Waals surface area contributed by atoms with Crippen LogP contribution in [0.4, 0.5) is 19.1 Å². The SMILES string of the molecule is COc1ccc(-c2cc3cnc(NCC(F)(F)F)nc3n(-c3ccccc3)c2=O)cc1. The summed E-state index contributed by atoms with van der Waals surface area (Å²) in [7, 11) is 1.55. The first-order valence-corrected chi connectivity index (χ1v) is 9.29. The molecule has 4 aromatic rings. The van der Waals surface area contributed by atoms with Crippen molar-refractivity contribution in [1.82, 2.24) is 14.5 Å². The zero-order chi connectivity index (χ0) is 22.0. The first-order valence-electron chi connectivity index (χ1n) is 9.29. The number of anilines is 1. The number of rotatable bonds is 5. The normalized spacial score (nSPS) is 11.5. The van der Waals surface area contributed by atoms with Crippen molar-refractivity contribution in [2.24, 2.45) is 0 Å². The summed E-state index contributed by atoms with van der Waals surface area (Å²) in [6.45, 7) is -1.28. The Hall–Kier alpha value is -3.88. The van der Waals surface area contributed by atoms with Crippen molar-refractivity contribution >= 4 is 17.0 Å². The van der Waals surface area contributed by atoms with Gasteiger partial charge in [0, 0.05) is 17.1 Å². The number of methoxy groups -OCH3 is 1. The third kappa shape index (κ3) is 4.35. The number of ether oxygens (including phenoxy) is 1. The van der Waals surface area contributed by atoms with Crippen LogP contribution in [0.3, 0.4) is 0 Å². The maximum Gasteiger partial charge on any atom is 0.405 e. The Labute approximate surface area is 175 Å². The van der Waals surface area contributed by atoms with Gasteiger partial charge in [-0.05, 0) is 35.9 Å². The smallest absolute Gasteiger partial charge is 0.405 e. The molecule has 0 fully saturated rings.